The van der Waals surface area contributed by atoms with E-state index in [1.165, 1.54) is 0 Å². The van der Waals surface area contributed by atoms with Gasteiger partial charge in [-0.05, 0) is 31.4 Å². The average molecular weight is 250 g/mol. The lowest BCUT2D eigenvalue weighted by Gasteiger charge is -2.16. The fourth-order valence-electron chi connectivity index (χ4n) is 2.05. The van der Waals surface area contributed by atoms with E-state index in [4.69, 9.17) is 20.4 Å². The summed E-state index contributed by atoms with van der Waals surface area (Å²) in [5.74, 6) is 0.712. The van der Waals surface area contributed by atoms with Crippen molar-refractivity contribution in [3.63, 3.8) is 0 Å². The zero-order valence-electron chi connectivity index (χ0n) is 10.4. The summed E-state index contributed by atoms with van der Waals surface area (Å²) >= 11 is 0. The van der Waals surface area contributed by atoms with Crippen LogP contribution in [0.25, 0.3) is 0 Å². The van der Waals surface area contributed by atoms with Crippen molar-refractivity contribution >= 4 is 5.84 Å². The second-order valence-corrected chi connectivity index (χ2v) is 4.38. The molecule has 1 heterocycles. The van der Waals surface area contributed by atoms with Gasteiger partial charge in [0.15, 0.2) is 5.84 Å². The first-order chi connectivity index (χ1) is 8.72. The molecule has 0 saturated carbocycles. The summed E-state index contributed by atoms with van der Waals surface area (Å²) in [4.78, 5) is 0. The van der Waals surface area contributed by atoms with Crippen LogP contribution in [0.15, 0.2) is 23.4 Å². The van der Waals surface area contributed by atoms with Crippen molar-refractivity contribution in [2.75, 3.05) is 13.2 Å². The Kier molecular flexibility index (Phi) is 4.04. The average Bonchev–Trinajstić information content (AvgIpc) is 2.89. The predicted molar refractivity (Wildman–Crippen MR) is 68.2 cm³/mol. The molecule has 0 aliphatic carbocycles. The number of benzene rings is 1. The number of nitrogens with two attached hydrogens (primary N) is 1. The highest BCUT2D eigenvalue weighted by molar-refractivity contribution is 5.99. The molecule has 0 amide bonds. The fraction of sp³-hybridized carbons (Fsp3) is 0.462. The van der Waals surface area contributed by atoms with Crippen LogP contribution in [0.2, 0.25) is 0 Å². The highest BCUT2D eigenvalue weighted by Crippen LogP contribution is 2.24. The summed E-state index contributed by atoms with van der Waals surface area (Å²) in [6.45, 7) is 3.23. The van der Waals surface area contributed by atoms with Gasteiger partial charge in [0.25, 0.3) is 0 Å². The van der Waals surface area contributed by atoms with E-state index in [2.05, 4.69) is 5.16 Å². The van der Waals surface area contributed by atoms with E-state index in [1.54, 1.807) is 6.07 Å². The molecular weight excluding hydrogens is 232 g/mol. The van der Waals surface area contributed by atoms with Crippen molar-refractivity contribution in [3.05, 3.63) is 29.3 Å². The smallest absolute Gasteiger partial charge is 0.173 e. The zero-order chi connectivity index (χ0) is 13.0. The molecule has 1 aromatic carbocycles. The number of para-hydroxylation sites is 1. The maximum absolute atomic E-state index is 8.77. The third kappa shape index (κ3) is 2.73. The normalized spacial score (nSPS) is 20.1. The van der Waals surface area contributed by atoms with Crippen molar-refractivity contribution in [1.29, 1.82) is 0 Å². The summed E-state index contributed by atoms with van der Waals surface area (Å²) in [5.41, 5.74) is 7.20. The van der Waals surface area contributed by atoms with E-state index in [9.17, 15) is 0 Å². The lowest BCUT2D eigenvalue weighted by Crippen LogP contribution is -2.20. The first kappa shape index (κ1) is 12.7. The summed E-state index contributed by atoms with van der Waals surface area (Å²) in [6.07, 6.45) is 2.24. The van der Waals surface area contributed by atoms with Crippen LogP contribution in [0.3, 0.4) is 0 Å². The lowest BCUT2D eigenvalue weighted by atomic mass is 10.1. The Bertz CT molecular complexity index is 440. The van der Waals surface area contributed by atoms with Crippen molar-refractivity contribution in [2.45, 2.75) is 25.9 Å². The number of amidine groups is 1. The lowest BCUT2D eigenvalue weighted by molar-refractivity contribution is 0.0676. The SMILES string of the molecule is Cc1cccc(/C(N)=N/O)c1OCC1CCCO1. The van der Waals surface area contributed by atoms with E-state index in [-0.39, 0.29) is 11.9 Å². The first-order valence-electron chi connectivity index (χ1n) is 6.04. The van der Waals surface area contributed by atoms with Crippen LogP contribution in [0.1, 0.15) is 24.0 Å². The Hall–Kier alpha value is -1.75. The monoisotopic (exact) mass is 250 g/mol. The number of rotatable bonds is 4. The molecule has 1 saturated heterocycles. The Morgan fingerprint density at radius 1 is 1.61 bits per heavy atom. The third-order valence-electron chi connectivity index (χ3n) is 3.03. The molecule has 1 fully saturated rings. The third-order valence-corrected chi connectivity index (χ3v) is 3.03. The zero-order valence-corrected chi connectivity index (χ0v) is 10.4. The molecular formula is C13H18N2O3. The molecule has 98 valence electrons. The van der Waals surface area contributed by atoms with Gasteiger partial charge in [0.2, 0.25) is 0 Å². The summed E-state index contributed by atoms with van der Waals surface area (Å²) in [7, 11) is 0. The van der Waals surface area contributed by atoms with E-state index in [0.29, 0.717) is 17.9 Å². The van der Waals surface area contributed by atoms with Gasteiger partial charge in [0, 0.05) is 6.61 Å². The topological polar surface area (TPSA) is 77.1 Å². The van der Waals surface area contributed by atoms with Gasteiger partial charge in [-0.1, -0.05) is 17.3 Å². The number of hydrogen-bond donors (Lipinski definition) is 2. The van der Waals surface area contributed by atoms with Gasteiger partial charge in [0.1, 0.15) is 12.4 Å². The van der Waals surface area contributed by atoms with Crippen molar-refractivity contribution in [1.82, 2.24) is 0 Å². The maximum Gasteiger partial charge on any atom is 0.173 e. The molecule has 0 spiro atoms. The molecule has 3 N–H and O–H groups in total. The molecule has 1 unspecified atom stereocenters. The summed E-state index contributed by atoms with van der Waals surface area (Å²) in [5, 5.41) is 11.8. The van der Waals surface area contributed by atoms with Crippen LogP contribution >= 0.6 is 0 Å². The predicted octanol–water partition coefficient (Wildman–Crippen LogP) is 1.65. The molecule has 2 rings (SSSR count). The standard InChI is InChI=1S/C13H18N2O3/c1-9-4-2-6-11(13(14)15-16)12(9)18-8-10-5-3-7-17-10/h2,4,6,10,16H,3,5,7-8H2,1H3,(H2,14,15). The van der Waals surface area contributed by atoms with E-state index >= 15 is 0 Å². The molecule has 5 nitrogen and oxygen atoms in total. The van der Waals surface area contributed by atoms with Crippen LogP contribution in [-0.2, 0) is 4.74 Å². The highest BCUT2D eigenvalue weighted by Gasteiger charge is 2.18. The minimum absolute atomic E-state index is 0.0565. The Morgan fingerprint density at radius 2 is 2.44 bits per heavy atom. The quantitative estimate of drug-likeness (QED) is 0.368. The van der Waals surface area contributed by atoms with Gasteiger partial charge >= 0.3 is 0 Å². The molecule has 1 atom stereocenters. The van der Waals surface area contributed by atoms with Gasteiger partial charge in [-0.3, -0.25) is 0 Å². The second-order valence-electron chi connectivity index (χ2n) is 4.38. The van der Waals surface area contributed by atoms with Gasteiger partial charge in [-0.25, -0.2) is 0 Å². The van der Waals surface area contributed by atoms with Gasteiger partial charge in [-0.15, -0.1) is 0 Å². The van der Waals surface area contributed by atoms with Crippen LogP contribution in [0.5, 0.6) is 5.75 Å². The molecule has 18 heavy (non-hydrogen) atoms. The number of nitrogens with zero attached hydrogens (tertiary/aromatic N) is 1. The maximum atomic E-state index is 8.77. The van der Waals surface area contributed by atoms with E-state index in [0.717, 1.165) is 25.0 Å². The van der Waals surface area contributed by atoms with Crippen LogP contribution in [0, 0.1) is 6.92 Å². The molecule has 5 heteroatoms. The number of aryl methyl sites for hydroxylation is 1. The number of hydrogen-bond acceptors (Lipinski definition) is 4. The van der Waals surface area contributed by atoms with Crippen LogP contribution in [0.4, 0.5) is 0 Å². The largest absolute Gasteiger partial charge is 0.490 e. The van der Waals surface area contributed by atoms with Crippen molar-refractivity contribution in [3.8, 4) is 5.75 Å². The first-order valence-corrected chi connectivity index (χ1v) is 6.04. The fourth-order valence-corrected chi connectivity index (χ4v) is 2.05. The molecule has 1 aromatic rings. The van der Waals surface area contributed by atoms with Gasteiger partial charge < -0.3 is 20.4 Å². The molecule has 1 aliphatic rings. The molecule has 1 aliphatic heterocycles. The van der Waals surface area contributed by atoms with E-state index in [1.807, 2.05) is 19.1 Å². The summed E-state index contributed by atoms with van der Waals surface area (Å²) in [6, 6.07) is 5.55. The number of oxime groups is 1. The second kappa shape index (κ2) is 5.73. The van der Waals surface area contributed by atoms with Crippen LogP contribution in [-0.4, -0.2) is 30.4 Å². The van der Waals surface area contributed by atoms with Crippen LogP contribution < -0.4 is 10.5 Å². The van der Waals surface area contributed by atoms with E-state index < -0.39 is 0 Å². The highest BCUT2D eigenvalue weighted by atomic mass is 16.5. The Labute approximate surface area is 106 Å². The summed E-state index contributed by atoms with van der Waals surface area (Å²) < 4.78 is 11.3. The van der Waals surface area contributed by atoms with Gasteiger partial charge in [-0.2, -0.15) is 0 Å². The van der Waals surface area contributed by atoms with Crippen molar-refractivity contribution in [2.24, 2.45) is 10.9 Å². The minimum atomic E-state index is 0.0565. The van der Waals surface area contributed by atoms with Crippen molar-refractivity contribution < 1.29 is 14.7 Å². The number of ether oxygens (including phenoxy) is 2. The van der Waals surface area contributed by atoms with Gasteiger partial charge in [0.05, 0.1) is 11.7 Å². The Balaban J connectivity index is 2.14. The molecule has 0 bridgehead atoms. The Morgan fingerprint density at radius 3 is 3.11 bits per heavy atom. The molecule has 0 aromatic heterocycles. The molecule has 0 radical (unpaired) electrons. The minimum Gasteiger partial charge on any atom is -0.490 e.